The van der Waals surface area contributed by atoms with Gasteiger partial charge in [0, 0.05) is 0 Å². The quantitative estimate of drug-likeness (QED) is 0.0221. The highest BCUT2D eigenvalue weighted by molar-refractivity contribution is 5.80. The topological polar surface area (TPSA) is 583 Å². The summed E-state index contributed by atoms with van der Waals surface area (Å²) in [4.78, 5) is 56.5. The summed E-state index contributed by atoms with van der Waals surface area (Å²) in [6, 6.07) is -1.57. The Bertz CT molecular complexity index is 3290. The summed E-state index contributed by atoms with van der Waals surface area (Å²) in [6.45, 7) is 13.3. The van der Waals surface area contributed by atoms with Crippen molar-refractivity contribution in [2.45, 2.75) is 329 Å². The first-order valence-electron chi connectivity index (χ1n) is 38.6. The number of aliphatic hydroxyl groups is 17. The Morgan fingerprint density at radius 3 is 1.84 bits per heavy atom. The minimum absolute atomic E-state index is 0.00894. The summed E-state index contributed by atoms with van der Waals surface area (Å²) in [5.41, 5.74) is -6.82. The fourth-order valence-electron chi connectivity index (χ4n) is 20.7. The Kier molecular flexibility index (Phi) is 25.8. The zero-order valence-corrected chi connectivity index (χ0v) is 63.5. The predicted octanol–water partition coefficient (Wildman–Crippen LogP) is -5.20. The molecule has 38 heteroatoms. The van der Waals surface area contributed by atoms with Crippen molar-refractivity contribution in [1.82, 2.24) is 5.32 Å². The normalized spacial score (nSPS) is 52.5. The van der Waals surface area contributed by atoms with Gasteiger partial charge in [-0.25, -0.2) is 9.59 Å². The molecule has 11 fully saturated rings. The van der Waals surface area contributed by atoms with E-state index < -0.39 is 291 Å². The van der Waals surface area contributed by atoms with Crippen LogP contribution >= 0.6 is 0 Å². The van der Waals surface area contributed by atoms with Crippen LogP contribution in [0.2, 0.25) is 0 Å². The van der Waals surface area contributed by atoms with E-state index in [1.165, 1.54) is 13.8 Å². The number of ether oxygens (including phenoxy) is 15. The van der Waals surface area contributed by atoms with Crippen molar-refractivity contribution < 1.29 is 182 Å². The predicted molar refractivity (Wildman–Crippen MR) is 365 cm³/mol. The second-order valence-electron chi connectivity index (χ2n) is 34.4. The third kappa shape index (κ3) is 15.2. The first-order valence-corrected chi connectivity index (χ1v) is 38.6. The van der Waals surface area contributed by atoms with Crippen LogP contribution in [0.1, 0.15) is 127 Å². The van der Waals surface area contributed by atoms with Gasteiger partial charge in [-0.1, -0.05) is 60.1 Å². The number of carboxylic acids is 1. The van der Waals surface area contributed by atoms with Crippen LogP contribution in [0.4, 0.5) is 4.79 Å². The van der Waals surface area contributed by atoms with Gasteiger partial charge in [-0.2, -0.15) is 0 Å². The maximum Gasteiger partial charge on any atom is 0.407 e. The lowest BCUT2D eigenvalue weighted by atomic mass is 9.33. The second-order valence-corrected chi connectivity index (χ2v) is 34.4. The van der Waals surface area contributed by atoms with Gasteiger partial charge in [-0.05, 0) is 117 Å². The number of nitrogens with one attached hydrogen (secondary N) is 1. The van der Waals surface area contributed by atoms with Crippen LogP contribution in [-0.4, -0.2) is 358 Å². The molecule has 1 amide bonds. The van der Waals surface area contributed by atoms with E-state index in [0.29, 0.717) is 38.5 Å². The highest BCUT2D eigenvalue weighted by atomic mass is 16.8. The zero-order chi connectivity index (χ0) is 81.1. The van der Waals surface area contributed by atoms with Crippen molar-refractivity contribution in [3.8, 4) is 0 Å². The zero-order valence-electron chi connectivity index (χ0n) is 63.5. The Hall–Kier alpha value is -3.58. The molecule has 12 rings (SSSR count). The average Bonchev–Trinajstić information content (AvgIpc) is 0.804. The molecule has 17 unspecified atom stereocenters. The van der Waals surface area contributed by atoms with E-state index >= 15 is 4.79 Å². The molecule has 0 aromatic carbocycles. The number of rotatable bonds is 21. The highest BCUT2D eigenvalue weighted by Crippen LogP contribution is 2.76. The highest BCUT2D eigenvalue weighted by Gasteiger charge is 2.73. The molecule has 5 aliphatic carbocycles. The van der Waals surface area contributed by atoms with Gasteiger partial charge in [0.2, 0.25) is 6.29 Å². The molecule has 634 valence electrons. The molecule has 0 radical (unpaired) electrons. The lowest BCUT2D eigenvalue weighted by Gasteiger charge is -2.71. The summed E-state index contributed by atoms with van der Waals surface area (Å²) in [5, 5.41) is 204. The van der Waals surface area contributed by atoms with Gasteiger partial charge >= 0.3 is 18.0 Å². The molecule has 38 nitrogen and oxygen atoms in total. The van der Waals surface area contributed by atoms with Gasteiger partial charge in [-0.15, -0.1) is 0 Å². The van der Waals surface area contributed by atoms with Crippen LogP contribution in [-0.2, 0) is 85.4 Å². The molecule has 0 aromatic rings. The van der Waals surface area contributed by atoms with E-state index in [2.05, 4.69) is 32.2 Å². The SMILES string of the molecule is CCOC(=O)N[C@@H]1C(O)C(O[C@@H]2OC(C)[C@H](O[C@@H]3OC[C@@H](O)C(O[C@@H]4OC[C@@](O)(CC)C4O)C3O)C(O)C2O)[C@H](OC(=O)[C@]23CCC(C)(C)CC2C2=CCC4C5(C)CC[C@H](O[C@@H]6OC(C(=O)O)[C@@H](O)[C@H](O[C@@H]7OC[C@@H](O)[C@H](O)C7O)C6O[C@@H]6OC(CO)[C@H](O)[C@H](O)C6O)[C@](C)(C=O)[C@@H]5CC[C@]4(C)[C@]2(C)CC3O)O[C@@H]1CO. The largest absolute Gasteiger partial charge is 0.479 e. The Morgan fingerprint density at radius 1 is 0.577 bits per heavy atom. The summed E-state index contributed by atoms with van der Waals surface area (Å²) < 4.78 is 89.5. The number of carbonyl (C=O) groups is 4. The molecule has 111 heavy (non-hydrogen) atoms. The molecule has 41 atom stereocenters. The van der Waals surface area contributed by atoms with Crippen LogP contribution in [0, 0.1) is 50.2 Å². The van der Waals surface area contributed by atoms with Gasteiger partial charge in [-0.3, -0.25) is 4.79 Å². The molecule has 0 spiro atoms. The Labute approximate surface area is 639 Å². The molecule has 0 aromatic heterocycles. The Morgan fingerprint density at radius 2 is 1.19 bits per heavy atom. The maximum atomic E-state index is 16.0. The molecule has 7 aliphatic heterocycles. The number of aldehydes is 1. The number of allylic oxidation sites excluding steroid dienone is 2. The van der Waals surface area contributed by atoms with E-state index in [4.69, 9.17) is 71.1 Å². The fraction of sp³-hybridized carbons (Fsp3) is 0.918. The van der Waals surface area contributed by atoms with Crippen molar-refractivity contribution in [3.05, 3.63) is 11.6 Å². The van der Waals surface area contributed by atoms with Gasteiger partial charge < -0.3 is 173 Å². The first kappa shape index (κ1) is 86.8. The average molecular weight is 1600 g/mol. The monoisotopic (exact) mass is 1600 g/mol. The third-order valence-electron chi connectivity index (χ3n) is 27.6. The number of fused-ring (bicyclic) bond motifs is 7. The molecule has 0 bridgehead atoms. The van der Waals surface area contributed by atoms with Crippen LogP contribution in [0.3, 0.4) is 0 Å². The van der Waals surface area contributed by atoms with Crippen LogP contribution in [0.5, 0.6) is 0 Å². The van der Waals surface area contributed by atoms with E-state index in [1.54, 1.807) is 13.8 Å². The summed E-state index contributed by atoms with van der Waals surface area (Å²) in [5.74, 6) is -4.26. The van der Waals surface area contributed by atoms with Crippen molar-refractivity contribution in [3.63, 3.8) is 0 Å². The van der Waals surface area contributed by atoms with E-state index in [9.17, 15) is 106 Å². The second kappa shape index (κ2) is 33.0. The van der Waals surface area contributed by atoms with E-state index in [-0.39, 0.29) is 44.8 Å². The minimum atomic E-state index is -2.24. The smallest absolute Gasteiger partial charge is 0.407 e. The number of aliphatic hydroxyl groups excluding tert-OH is 16. The maximum absolute atomic E-state index is 16.0. The van der Waals surface area contributed by atoms with Gasteiger partial charge in [0.15, 0.2) is 49.9 Å². The number of hydrogen-bond acceptors (Lipinski definition) is 36. The number of carbonyl (C=O) groups excluding carboxylic acids is 3. The van der Waals surface area contributed by atoms with Crippen molar-refractivity contribution in [2.24, 2.45) is 50.2 Å². The molecular formula is C73H115NO37. The van der Waals surface area contributed by atoms with Crippen molar-refractivity contribution in [2.75, 3.05) is 39.6 Å². The van der Waals surface area contributed by atoms with Gasteiger partial charge in [0.1, 0.15) is 133 Å². The number of aliphatic carboxylic acids is 1. The summed E-state index contributed by atoms with van der Waals surface area (Å²) in [6.07, 6.45) is -51.6. The number of amides is 1. The molecular weight excluding hydrogens is 1480 g/mol. The van der Waals surface area contributed by atoms with Crippen molar-refractivity contribution >= 4 is 24.3 Å². The minimum Gasteiger partial charge on any atom is -0.479 e. The van der Waals surface area contributed by atoms with Crippen LogP contribution in [0.15, 0.2) is 11.6 Å². The molecule has 7 heterocycles. The molecule has 19 N–H and O–H groups in total. The van der Waals surface area contributed by atoms with Crippen LogP contribution < -0.4 is 5.32 Å². The van der Waals surface area contributed by atoms with Gasteiger partial charge in [0.25, 0.3) is 0 Å². The lowest BCUT2D eigenvalue weighted by molar-refractivity contribution is -0.391. The molecule has 7 saturated heterocycles. The summed E-state index contributed by atoms with van der Waals surface area (Å²) >= 11 is 0. The number of alkyl carbamates (subject to hydrolysis) is 1. The number of carboxylic acid groups (broad SMARTS) is 1. The summed E-state index contributed by atoms with van der Waals surface area (Å²) in [7, 11) is 0. The first-order chi connectivity index (χ1) is 52.2. The standard InChI is InChI=1S/C73H115NO37/c1-10-72(96)27-100-64(56(72)91)106-51-32(79)25-99-59(49(51)90)105-50-28(3)101-60(47(88)44(50)85)109-54-42(83)39(74-66(95)97-11-2)33(22-75)102-62(54)111-65(94)73-19-18-67(4,5)20-30(73)29-12-13-36-68(6)16-15-38(69(7,26-77)35(68)14-17-70(36,8)71(29,9)21-37(73)80)104-63-55(110-61-46(87)43(84)41(82)34(23-76)103-61)52(48(89)53(108-63)57(92)93)107-58-45(86)40(81)31(78)24-98-58/h12,26,28,30-56,58-64,75-76,78-91,96H,10-11,13-25,27H2,1-9H3,(H,74,95)(H,92,93)/t28?,30?,31-,32-,33-,34?,35-,36?,37?,38+,39+,40+,41+,42?,43+,44?,45?,46?,47?,48+,49?,50+,51?,52+,53?,54?,55?,56?,58+,59+,60+,61+,62+,63-,64+,68?,69-,70+,71-,72+,73-/m1/s1. The Balaban J connectivity index is 0.802. The molecule has 12 aliphatic rings. The fourth-order valence-corrected chi connectivity index (χ4v) is 20.7. The van der Waals surface area contributed by atoms with Gasteiger partial charge in [0.05, 0.1) is 69.4 Å². The van der Waals surface area contributed by atoms with Crippen molar-refractivity contribution in [1.29, 1.82) is 0 Å². The van der Waals surface area contributed by atoms with Crippen LogP contribution in [0.25, 0.3) is 0 Å². The molecule has 4 saturated carbocycles. The third-order valence-corrected chi connectivity index (χ3v) is 27.6. The van der Waals surface area contributed by atoms with E-state index in [1.807, 2.05) is 13.8 Å². The number of esters is 1. The lowest BCUT2D eigenvalue weighted by Crippen LogP contribution is -2.70. The van der Waals surface area contributed by atoms with E-state index in [0.717, 1.165) is 11.9 Å². The number of hydrogen-bond donors (Lipinski definition) is 19.